The second-order valence-corrected chi connectivity index (χ2v) is 6.70. The summed E-state index contributed by atoms with van der Waals surface area (Å²) in [7, 11) is 1.58. The van der Waals surface area contributed by atoms with Crippen molar-refractivity contribution in [2.45, 2.75) is 12.5 Å². The fourth-order valence-electron chi connectivity index (χ4n) is 3.40. The van der Waals surface area contributed by atoms with Gasteiger partial charge in [0.15, 0.2) is 0 Å². The van der Waals surface area contributed by atoms with E-state index in [1.165, 1.54) is 12.1 Å². The molecule has 0 fully saturated rings. The van der Waals surface area contributed by atoms with Crippen LogP contribution in [0, 0.1) is 5.82 Å². The number of nitrogens with zero attached hydrogens (tertiary/aromatic N) is 4. The second-order valence-electron chi connectivity index (χ2n) is 6.70. The van der Waals surface area contributed by atoms with Crippen molar-refractivity contribution in [2.75, 3.05) is 18.3 Å². The summed E-state index contributed by atoms with van der Waals surface area (Å²) in [5.41, 5.74) is 3.65. The number of benzene rings is 1. The van der Waals surface area contributed by atoms with E-state index in [0.717, 1.165) is 28.9 Å². The molecule has 0 bridgehead atoms. The number of aromatic nitrogens is 2. The zero-order chi connectivity index (χ0) is 22.8. The summed E-state index contributed by atoms with van der Waals surface area (Å²) in [4.78, 5) is 15.2. The van der Waals surface area contributed by atoms with Gasteiger partial charge in [0.05, 0.1) is 36.9 Å². The highest BCUT2D eigenvalue weighted by Gasteiger charge is 2.26. The number of hydrogen-bond acceptors (Lipinski definition) is 6. The molecule has 1 aromatic carbocycles. The highest BCUT2D eigenvalue weighted by atomic mass is 32.1. The van der Waals surface area contributed by atoms with Gasteiger partial charge in [-0.1, -0.05) is 24.3 Å². The third kappa shape index (κ3) is 5.62. The van der Waals surface area contributed by atoms with Crippen molar-refractivity contribution in [3.8, 4) is 5.88 Å². The van der Waals surface area contributed by atoms with Crippen LogP contribution in [-0.2, 0) is 0 Å². The maximum atomic E-state index is 13.7. The van der Waals surface area contributed by atoms with Crippen molar-refractivity contribution < 1.29 is 9.13 Å². The molecule has 7 heteroatoms. The minimum atomic E-state index is -0.280. The van der Waals surface area contributed by atoms with E-state index in [4.69, 9.17) is 4.74 Å². The third-order valence-corrected chi connectivity index (χ3v) is 4.79. The molecule has 0 radical (unpaired) electrons. The molecule has 1 unspecified atom stereocenters. The molecule has 32 heavy (non-hydrogen) atoms. The first-order chi connectivity index (χ1) is 15.8. The molecule has 1 aliphatic rings. The maximum Gasteiger partial charge on any atom is 0.212 e. The zero-order valence-corrected chi connectivity index (χ0v) is 18.9. The van der Waals surface area contributed by atoms with Crippen LogP contribution in [0.25, 0.3) is 0 Å². The van der Waals surface area contributed by atoms with Crippen molar-refractivity contribution in [3.05, 3.63) is 108 Å². The topological polar surface area (TPSA) is 50.6 Å². The lowest BCUT2D eigenvalue weighted by molar-refractivity contribution is 0.397. The Hall–Kier alpha value is -3.45. The number of aliphatic imine (C=N–C) groups is 1. The molecule has 0 spiro atoms. The smallest absolute Gasteiger partial charge is 0.212 e. The first-order valence-electron chi connectivity index (χ1n) is 10.0. The third-order valence-electron chi connectivity index (χ3n) is 4.79. The largest absolute Gasteiger partial charge is 0.481 e. The van der Waals surface area contributed by atoms with Crippen LogP contribution in [-0.4, -0.2) is 29.5 Å². The summed E-state index contributed by atoms with van der Waals surface area (Å²) in [5, 5.41) is 0. The first kappa shape index (κ1) is 23.2. The lowest BCUT2D eigenvalue weighted by atomic mass is 9.97. The molecular weight excluding hydrogens is 423 g/mol. The average molecular weight is 449 g/mol. The van der Waals surface area contributed by atoms with Gasteiger partial charge < -0.3 is 9.64 Å². The van der Waals surface area contributed by atoms with E-state index >= 15 is 0 Å². The van der Waals surface area contributed by atoms with E-state index in [-0.39, 0.29) is 11.9 Å². The number of rotatable bonds is 6. The summed E-state index contributed by atoms with van der Waals surface area (Å²) in [6, 6.07) is 13.9. The van der Waals surface area contributed by atoms with E-state index in [2.05, 4.69) is 38.6 Å². The molecule has 3 heterocycles. The van der Waals surface area contributed by atoms with Crippen molar-refractivity contribution in [1.82, 2.24) is 9.97 Å². The molecule has 1 aliphatic heterocycles. The highest BCUT2D eigenvalue weighted by Crippen LogP contribution is 2.36. The van der Waals surface area contributed by atoms with Gasteiger partial charge in [-0.15, -0.1) is 0 Å². The predicted molar refractivity (Wildman–Crippen MR) is 131 cm³/mol. The minimum absolute atomic E-state index is 0.274. The number of anilines is 1. The van der Waals surface area contributed by atoms with Crippen LogP contribution in [0.2, 0.25) is 0 Å². The van der Waals surface area contributed by atoms with E-state index in [0.29, 0.717) is 5.88 Å². The molecule has 0 aliphatic carbocycles. The fourth-order valence-corrected chi connectivity index (χ4v) is 3.40. The van der Waals surface area contributed by atoms with Crippen LogP contribution in [0.3, 0.4) is 0 Å². The maximum absolute atomic E-state index is 13.7. The Labute approximate surface area is 193 Å². The average Bonchev–Trinajstić information content (AvgIpc) is 3.14. The molecule has 3 aromatic rings. The van der Waals surface area contributed by atoms with E-state index < -0.39 is 0 Å². The van der Waals surface area contributed by atoms with Crippen LogP contribution >= 0.6 is 12.6 Å². The Morgan fingerprint density at radius 3 is 2.47 bits per heavy atom. The summed E-state index contributed by atoms with van der Waals surface area (Å²) in [6.07, 6.45) is 15.5. The van der Waals surface area contributed by atoms with Crippen molar-refractivity contribution >= 4 is 24.5 Å². The number of thiol groups is 1. The van der Waals surface area contributed by atoms with Crippen molar-refractivity contribution in [3.63, 3.8) is 0 Å². The number of pyridine rings is 2. The molecule has 0 amide bonds. The highest BCUT2D eigenvalue weighted by molar-refractivity contribution is 7.79. The number of hydrogen-bond donors (Lipinski definition) is 1. The summed E-state index contributed by atoms with van der Waals surface area (Å²) < 4.78 is 18.9. The summed E-state index contributed by atoms with van der Waals surface area (Å²) in [5.74, 6) is 0.252. The number of ether oxygens (including phenoxy) is 1. The predicted octanol–water partition coefficient (Wildman–Crippen LogP) is 5.64. The van der Waals surface area contributed by atoms with Crippen LogP contribution in [0.15, 0.2) is 96.2 Å². The fraction of sp³-hybridized carbons (Fsp3) is 0.160. The molecule has 1 atom stereocenters. The zero-order valence-electron chi connectivity index (χ0n) is 18.0. The SMILES string of the molecule is COc1ccc(C(c2ccc(F)cc2)N(C2=CCC=CN=C2)c2cccnc2)cn1.CS. The van der Waals surface area contributed by atoms with Crippen LogP contribution < -0.4 is 9.64 Å². The van der Waals surface area contributed by atoms with E-state index in [9.17, 15) is 4.39 Å². The van der Waals surface area contributed by atoms with Gasteiger partial charge in [0.2, 0.25) is 5.88 Å². The van der Waals surface area contributed by atoms with Crippen LogP contribution in [0.1, 0.15) is 23.6 Å². The Morgan fingerprint density at radius 2 is 1.81 bits per heavy atom. The monoisotopic (exact) mass is 448 g/mol. The van der Waals surface area contributed by atoms with Gasteiger partial charge in [-0.2, -0.15) is 12.6 Å². The molecule has 164 valence electrons. The minimum Gasteiger partial charge on any atom is -0.481 e. The first-order valence-corrected chi connectivity index (χ1v) is 10.9. The normalized spacial score (nSPS) is 13.3. The van der Waals surface area contributed by atoms with Gasteiger partial charge >= 0.3 is 0 Å². The lowest BCUT2D eigenvalue weighted by Crippen LogP contribution is -2.30. The number of methoxy groups -OCH3 is 1. The van der Waals surface area contributed by atoms with Gasteiger partial charge in [-0.05, 0) is 54.1 Å². The quantitative estimate of drug-likeness (QED) is 0.496. The van der Waals surface area contributed by atoms with Gasteiger partial charge in [0.25, 0.3) is 0 Å². The van der Waals surface area contributed by atoms with E-state index in [1.54, 1.807) is 50.3 Å². The van der Waals surface area contributed by atoms with E-state index in [1.807, 2.05) is 36.6 Å². The number of allylic oxidation sites excluding steroid dienone is 3. The standard InChI is InChI=1S/C24H21FN4O.CH4S/c1-30-23-12-9-19(15-28-23)24(18-7-10-20(25)11-8-18)29(22-6-4-14-27-17-22)21-5-2-3-13-26-16-21;1-2/h3-17,24H,2H2,1H3;2H,1H3. The van der Waals surface area contributed by atoms with Gasteiger partial charge in [-0.25, -0.2) is 9.37 Å². The summed E-state index contributed by atoms with van der Waals surface area (Å²) in [6.45, 7) is 0. The Bertz CT molecular complexity index is 1070. The molecule has 0 saturated carbocycles. The Morgan fingerprint density at radius 1 is 1.03 bits per heavy atom. The molecule has 0 N–H and O–H groups in total. The van der Waals surface area contributed by atoms with Gasteiger partial charge in [-0.3, -0.25) is 9.98 Å². The molecule has 2 aromatic heterocycles. The lowest BCUT2D eigenvalue weighted by Gasteiger charge is -2.34. The Balaban J connectivity index is 0.00000141. The van der Waals surface area contributed by atoms with Crippen molar-refractivity contribution in [2.24, 2.45) is 4.99 Å². The van der Waals surface area contributed by atoms with Gasteiger partial charge in [0, 0.05) is 24.7 Å². The summed E-state index contributed by atoms with van der Waals surface area (Å²) >= 11 is 3.53. The van der Waals surface area contributed by atoms with Crippen LogP contribution in [0.4, 0.5) is 10.1 Å². The molecule has 5 nitrogen and oxygen atoms in total. The van der Waals surface area contributed by atoms with Crippen molar-refractivity contribution in [1.29, 1.82) is 0 Å². The molecule has 4 rings (SSSR count). The second kappa shape index (κ2) is 11.8. The molecule has 0 saturated heterocycles. The Kier molecular flexibility index (Phi) is 8.57. The molecular formula is C25H25FN4OS. The number of halogens is 1. The van der Waals surface area contributed by atoms with Crippen LogP contribution in [0.5, 0.6) is 5.88 Å². The van der Waals surface area contributed by atoms with Gasteiger partial charge in [0.1, 0.15) is 5.82 Å².